The van der Waals surface area contributed by atoms with Crippen molar-refractivity contribution in [3.05, 3.63) is 58.2 Å². The normalized spacial score (nSPS) is 21.2. The molecule has 33 heavy (non-hydrogen) atoms. The highest BCUT2D eigenvalue weighted by molar-refractivity contribution is 6.46. The Kier molecular flexibility index (Phi) is 6.62. The van der Waals surface area contributed by atoms with Crippen LogP contribution in [0.4, 0.5) is 4.39 Å². The van der Waals surface area contributed by atoms with Crippen LogP contribution in [0, 0.1) is 19.7 Å². The Bertz CT molecular complexity index is 1100. The highest BCUT2D eigenvalue weighted by Crippen LogP contribution is 2.41. The average molecular weight is 457 g/mol. The van der Waals surface area contributed by atoms with Crippen LogP contribution in [0.15, 0.2) is 29.8 Å². The van der Waals surface area contributed by atoms with E-state index in [4.69, 9.17) is 4.74 Å². The van der Waals surface area contributed by atoms with E-state index in [-0.39, 0.29) is 23.4 Å². The SMILES string of the molecule is Cc1nn(C)c(C)c1C(O)=C1C(=O)C(=O)N(CCCN2CCOCC2)[C@H]1c1ccccc1F. The van der Waals surface area contributed by atoms with Gasteiger partial charge in [0.2, 0.25) is 0 Å². The molecular formula is C24H29FN4O4. The summed E-state index contributed by atoms with van der Waals surface area (Å²) in [7, 11) is 1.73. The maximum atomic E-state index is 14.9. The van der Waals surface area contributed by atoms with Crippen LogP contribution in [0.2, 0.25) is 0 Å². The van der Waals surface area contributed by atoms with Crippen LogP contribution >= 0.6 is 0 Å². The third kappa shape index (κ3) is 4.30. The minimum Gasteiger partial charge on any atom is -0.507 e. The molecule has 9 heteroatoms. The van der Waals surface area contributed by atoms with Crippen molar-refractivity contribution in [2.45, 2.75) is 26.3 Å². The van der Waals surface area contributed by atoms with E-state index in [0.29, 0.717) is 36.6 Å². The van der Waals surface area contributed by atoms with Gasteiger partial charge >= 0.3 is 0 Å². The highest BCUT2D eigenvalue weighted by atomic mass is 19.1. The van der Waals surface area contributed by atoms with Crippen molar-refractivity contribution >= 4 is 17.4 Å². The Morgan fingerprint density at radius 2 is 1.88 bits per heavy atom. The Hall–Kier alpha value is -3.04. The van der Waals surface area contributed by atoms with Gasteiger partial charge in [-0.05, 0) is 26.3 Å². The van der Waals surface area contributed by atoms with Crippen molar-refractivity contribution in [1.29, 1.82) is 0 Å². The second-order valence-corrected chi connectivity index (χ2v) is 8.49. The predicted molar refractivity (Wildman–Crippen MR) is 120 cm³/mol. The third-order valence-corrected chi connectivity index (χ3v) is 6.46. The van der Waals surface area contributed by atoms with Gasteiger partial charge in [0, 0.05) is 44.5 Å². The number of aromatic nitrogens is 2. The summed E-state index contributed by atoms with van der Waals surface area (Å²) >= 11 is 0. The number of hydrogen-bond donors (Lipinski definition) is 1. The zero-order chi connectivity index (χ0) is 23.7. The topological polar surface area (TPSA) is 87.9 Å². The number of aryl methyl sites for hydroxylation is 2. The quantitative estimate of drug-likeness (QED) is 0.408. The Labute approximate surface area is 192 Å². The fraction of sp³-hybridized carbons (Fsp3) is 0.458. The number of carbonyl (C=O) groups excluding carboxylic acids is 2. The van der Waals surface area contributed by atoms with Crippen LogP contribution in [-0.4, -0.2) is 75.8 Å². The number of ether oxygens (including phenoxy) is 1. The summed E-state index contributed by atoms with van der Waals surface area (Å²) in [5, 5.41) is 15.5. The molecule has 0 aliphatic carbocycles. The van der Waals surface area contributed by atoms with Gasteiger partial charge < -0.3 is 14.7 Å². The fourth-order valence-electron chi connectivity index (χ4n) is 4.67. The molecule has 0 radical (unpaired) electrons. The largest absolute Gasteiger partial charge is 0.507 e. The Morgan fingerprint density at radius 3 is 2.52 bits per heavy atom. The third-order valence-electron chi connectivity index (χ3n) is 6.46. The summed E-state index contributed by atoms with van der Waals surface area (Å²) in [5.74, 6) is -2.39. The maximum Gasteiger partial charge on any atom is 0.295 e. The fourth-order valence-corrected chi connectivity index (χ4v) is 4.67. The number of hydrogen-bond acceptors (Lipinski definition) is 6. The number of rotatable bonds is 6. The molecule has 2 saturated heterocycles. The van der Waals surface area contributed by atoms with E-state index in [0.717, 1.165) is 19.6 Å². The molecule has 176 valence electrons. The van der Waals surface area contributed by atoms with E-state index >= 15 is 0 Å². The maximum absolute atomic E-state index is 14.9. The lowest BCUT2D eigenvalue weighted by molar-refractivity contribution is -0.140. The van der Waals surface area contributed by atoms with E-state index in [9.17, 15) is 19.1 Å². The van der Waals surface area contributed by atoms with Gasteiger partial charge in [0.25, 0.3) is 11.7 Å². The summed E-state index contributed by atoms with van der Waals surface area (Å²) in [6.07, 6.45) is 0.614. The van der Waals surface area contributed by atoms with Crippen molar-refractivity contribution < 1.29 is 23.8 Å². The van der Waals surface area contributed by atoms with Crippen LogP contribution in [0.25, 0.3) is 5.76 Å². The molecule has 4 rings (SSSR count). The van der Waals surface area contributed by atoms with Gasteiger partial charge in [0.15, 0.2) is 0 Å². The Morgan fingerprint density at radius 1 is 1.18 bits per heavy atom. The molecular weight excluding hydrogens is 427 g/mol. The predicted octanol–water partition coefficient (Wildman–Crippen LogP) is 2.32. The molecule has 2 fully saturated rings. The van der Waals surface area contributed by atoms with Crippen molar-refractivity contribution in [3.63, 3.8) is 0 Å². The summed E-state index contributed by atoms with van der Waals surface area (Å²) in [4.78, 5) is 29.8. The number of morpholine rings is 1. The first-order valence-corrected chi connectivity index (χ1v) is 11.1. The molecule has 1 atom stereocenters. The number of nitrogens with zero attached hydrogens (tertiary/aromatic N) is 4. The first-order chi connectivity index (χ1) is 15.8. The number of likely N-dealkylation sites (tertiary alicyclic amines) is 1. The van der Waals surface area contributed by atoms with Gasteiger partial charge in [-0.15, -0.1) is 0 Å². The Balaban J connectivity index is 1.73. The van der Waals surface area contributed by atoms with Gasteiger partial charge in [-0.1, -0.05) is 18.2 Å². The molecule has 2 aliphatic rings. The lowest BCUT2D eigenvalue weighted by Gasteiger charge is -2.29. The van der Waals surface area contributed by atoms with Crippen LogP contribution in [0.1, 0.15) is 35.0 Å². The van der Waals surface area contributed by atoms with E-state index in [1.807, 2.05) is 0 Å². The van der Waals surface area contributed by atoms with Crippen molar-refractivity contribution in [3.8, 4) is 0 Å². The minimum atomic E-state index is -1.00. The van der Waals surface area contributed by atoms with Crippen molar-refractivity contribution in [2.24, 2.45) is 7.05 Å². The van der Waals surface area contributed by atoms with Crippen molar-refractivity contribution in [2.75, 3.05) is 39.4 Å². The first-order valence-electron chi connectivity index (χ1n) is 11.1. The number of aliphatic hydroxyl groups excluding tert-OH is 1. The van der Waals surface area contributed by atoms with Crippen LogP contribution in [0.3, 0.4) is 0 Å². The molecule has 0 unspecified atom stereocenters. The van der Waals surface area contributed by atoms with Crippen molar-refractivity contribution in [1.82, 2.24) is 19.6 Å². The van der Waals surface area contributed by atoms with E-state index in [1.54, 1.807) is 43.8 Å². The van der Waals surface area contributed by atoms with Gasteiger partial charge in [-0.2, -0.15) is 5.10 Å². The van der Waals surface area contributed by atoms with E-state index in [1.165, 1.54) is 11.0 Å². The number of benzene rings is 1. The molecule has 1 N–H and O–H groups in total. The highest BCUT2D eigenvalue weighted by Gasteiger charge is 2.47. The van der Waals surface area contributed by atoms with Crippen LogP contribution in [0.5, 0.6) is 0 Å². The molecule has 1 aromatic carbocycles. The molecule has 1 aromatic heterocycles. The minimum absolute atomic E-state index is 0.101. The van der Waals surface area contributed by atoms with Gasteiger partial charge in [-0.3, -0.25) is 19.2 Å². The second-order valence-electron chi connectivity index (χ2n) is 8.49. The lowest BCUT2D eigenvalue weighted by atomic mass is 9.94. The molecule has 2 aliphatic heterocycles. The molecule has 1 amide bonds. The second kappa shape index (κ2) is 9.44. The molecule has 0 spiro atoms. The van der Waals surface area contributed by atoms with Gasteiger partial charge in [0.05, 0.1) is 36.1 Å². The van der Waals surface area contributed by atoms with E-state index in [2.05, 4.69) is 10.00 Å². The molecule has 8 nitrogen and oxygen atoms in total. The summed E-state index contributed by atoms with van der Waals surface area (Å²) in [6, 6.07) is 5.06. The number of halogens is 1. The number of amides is 1. The zero-order valence-corrected chi connectivity index (χ0v) is 19.2. The smallest absolute Gasteiger partial charge is 0.295 e. The molecule has 3 heterocycles. The van der Waals surface area contributed by atoms with Crippen LogP contribution in [-0.2, 0) is 21.4 Å². The number of ketones is 1. The number of carbonyl (C=O) groups is 2. The van der Waals surface area contributed by atoms with Gasteiger partial charge in [0.1, 0.15) is 11.6 Å². The van der Waals surface area contributed by atoms with E-state index < -0.39 is 23.5 Å². The molecule has 0 saturated carbocycles. The molecule has 2 aromatic rings. The number of Topliss-reactive ketones (excluding diaryl/α,β-unsaturated/α-hetero) is 1. The van der Waals surface area contributed by atoms with Gasteiger partial charge in [-0.25, -0.2) is 4.39 Å². The summed E-state index contributed by atoms with van der Waals surface area (Å²) in [5.41, 5.74) is 1.65. The summed E-state index contributed by atoms with van der Waals surface area (Å²) in [6.45, 7) is 7.46. The molecule has 0 bridgehead atoms. The lowest BCUT2D eigenvalue weighted by Crippen LogP contribution is -2.39. The monoisotopic (exact) mass is 456 g/mol. The first kappa shape index (κ1) is 23.1. The van der Waals surface area contributed by atoms with Crippen LogP contribution < -0.4 is 0 Å². The number of aliphatic hydroxyl groups is 1. The standard InChI is InChI=1S/C24H29FN4O4/c1-15-19(16(2)27(3)26-15)22(30)20-21(17-7-4-5-8-18(17)25)29(24(32)23(20)31)10-6-9-28-11-13-33-14-12-28/h4-5,7-8,21,30H,6,9-14H2,1-3H3/t21-/m0/s1. The zero-order valence-electron chi connectivity index (χ0n) is 19.2. The average Bonchev–Trinajstić information content (AvgIpc) is 3.20. The summed E-state index contributed by atoms with van der Waals surface area (Å²) < 4.78 is 21.9.